The van der Waals surface area contributed by atoms with Gasteiger partial charge in [0.05, 0.1) is 23.5 Å². The number of carbonyl (C=O) groups excluding carboxylic acids is 2. The highest BCUT2D eigenvalue weighted by atomic mass is 16.6. The van der Waals surface area contributed by atoms with Crippen LogP contribution in [0.4, 0.5) is 5.82 Å². The van der Waals surface area contributed by atoms with Crippen molar-refractivity contribution in [3.8, 4) is 0 Å². The van der Waals surface area contributed by atoms with Gasteiger partial charge in [-0.15, -0.1) is 0 Å². The van der Waals surface area contributed by atoms with Crippen molar-refractivity contribution in [2.45, 2.75) is 18.6 Å². The second-order valence-corrected chi connectivity index (χ2v) is 8.21. The molecule has 2 N–H and O–H groups in total. The summed E-state index contributed by atoms with van der Waals surface area (Å²) in [5, 5.41) is 0. The molecule has 3 atom stereocenters. The molecular weight excluding hydrogens is 446 g/mol. The van der Waals surface area contributed by atoms with Crippen LogP contribution in [0.3, 0.4) is 0 Å². The maximum atomic E-state index is 12.9. The summed E-state index contributed by atoms with van der Waals surface area (Å²) in [6, 6.07) is 17.4. The Bertz CT molecular complexity index is 1370. The number of carbonyl (C=O) groups is 2. The lowest BCUT2D eigenvalue weighted by Crippen LogP contribution is -2.35. The molecule has 9 heteroatoms. The summed E-state index contributed by atoms with van der Waals surface area (Å²) >= 11 is 0. The van der Waals surface area contributed by atoms with Crippen LogP contribution in [0.15, 0.2) is 85.5 Å². The van der Waals surface area contributed by atoms with Crippen molar-refractivity contribution < 1.29 is 19.1 Å². The van der Waals surface area contributed by atoms with Gasteiger partial charge in [-0.2, -0.15) is 0 Å². The van der Waals surface area contributed by atoms with E-state index in [-0.39, 0.29) is 18.6 Å². The summed E-state index contributed by atoms with van der Waals surface area (Å²) in [6.07, 6.45) is 6.83. The van der Waals surface area contributed by atoms with Crippen LogP contribution in [0.5, 0.6) is 0 Å². The molecule has 35 heavy (non-hydrogen) atoms. The van der Waals surface area contributed by atoms with E-state index in [1.165, 1.54) is 6.33 Å². The Morgan fingerprint density at radius 1 is 0.914 bits per heavy atom. The highest BCUT2D eigenvalue weighted by Crippen LogP contribution is 2.32. The number of fused-ring (bicyclic) bond motifs is 1. The number of aromatic nitrogens is 4. The summed E-state index contributed by atoms with van der Waals surface area (Å²) in [5.41, 5.74) is 7.95. The average molecular weight is 470 g/mol. The number of hydrogen-bond donors (Lipinski definition) is 1. The molecule has 9 nitrogen and oxygen atoms in total. The third-order valence-electron chi connectivity index (χ3n) is 5.96. The van der Waals surface area contributed by atoms with Gasteiger partial charge in [0.2, 0.25) is 0 Å². The number of allylic oxidation sites excluding steroid dienone is 1. The number of nitrogens with two attached hydrogens (primary N) is 1. The van der Waals surface area contributed by atoms with E-state index in [0.29, 0.717) is 34.5 Å². The number of nitrogen functional groups attached to an aromatic ring is 1. The monoisotopic (exact) mass is 469 g/mol. The Hall–Kier alpha value is -4.53. The topological polar surface area (TPSA) is 122 Å². The fourth-order valence-electron chi connectivity index (χ4n) is 4.11. The minimum absolute atomic E-state index is 0.0729. The van der Waals surface area contributed by atoms with Crippen LogP contribution >= 0.6 is 0 Å². The molecular formula is C26H23N5O4. The maximum Gasteiger partial charge on any atom is 0.338 e. The average Bonchev–Trinajstić information content (AvgIpc) is 3.34. The first kappa shape index (κ1) is 22.3. The Balaban J connectivity index is 1.38. The Morgan fingerprint density at radius 2 is 1.60 bits per heavy atom. The van der Waals surface area contributed by atoms with Gasteiger partial charge < -0.3 is 19.8 Å². The predicted molar refractivity (Wildman–Crippen MR) is 128 cm³/mol. The van der Waals surface area contributed by atoms with Gasteiger partial charge in [0.15, 0.2) is 11.5 Å². The third-order valence-corrected chi connectivity index (χ3v) is 5.96. The number of hydrogen-bond acceptors (Lipinski definition) is 8. The van der Waals surface area contributed by atoms with Crippen LogP contribution in [0.2, 0.25) is 0 Å². The van der Waals surface area contributed by atoms with E-state index in [1.807, 2.05) is 28.9 Å². The number of anilines is 1. The number of esters is 2. The van der Waals surface area contributed by atoms with E-state index in [0.717, 1.165) is 0 Å². The number of nitrogens with zero attached hydrogens (tertiary/aromatic N) is 4. The Kier molecular flexibility index (Phi) is 6.21. The molecule has 0 saturated carbocycles. The van der Waals surface area contributed by atoms with Crippen molar-refractivity contribution in [2.75, 3.05) is 12.3 Å². The minimum Gasteiger partial charge on any atom is -0.461 e. The minimum atomic E-state index is -0.544. The fourth-order valence-corrected chi connectivity index (χ4v) is 4.11. The molecule has 0 amide bonds. The lowest BCUT2D eigenvalue weighted by Gasteiger charge is -2.32. The number of benzene rings is 2. The van der Waals surface area contributed by atoms with Crippen LogP contribution in [0.25, 0.3) is 11.2 Å². The summed E-state index contributed by atoms with van der Waals surface area (Å²) in [4.78, 5) is 38.0. The first-order chi connectivity index (χ1) is 17.1. The second-order valence-electron chi connectivity index (χ2n) is 8.21. The quantitative estimate of drug-likeness (QED) is 0.336. The van der Waals surface area contributed by atoms with Crippen molar-refractivity contribution >= 4 is 28.9 Å². The van der Waals surface area contributed by atoms with E-state index in [2.05, 4.69) is 15.0 Å². The number of ether oxygens (including phenoxy) is 2. The van der Waals surface area contributed by atoms with Crippen molar-refractivity contribution in [1.29, 1.82) is 0 Å². The van der Waals surface area contributed by atoms with Crippen molar-refractivity contribution in [2.24, 2.45) is 5.92 Å². The van der Waals surface area contributed by atoms with Gasteiger partial charge in [0.25, 0.3) is 0 Å². The predicted octanol–water partition coefficient (Wildman–Crippen LogP) is 3.61. The first-order valence-electron chi connectivity index (χ1n) is 11.2. The van der Waals surface area contributed by atoms with Gasteiger partial charge in [-0.1, -0.05) is 48.6 Å². The summed E-state index contributed by atoms with van der Waals surface area (Å²) in [6.45, 7) is 0.0729. The zero-order chi connectivity index (χ0) is 24.2. The largest absolute Gasteiger partial charge is 0.461 e. The van der Waals surface area contributed by atoms with Crippen LogP contribution < -0.4 is 5.73 Å². The van der Waals surface area contributed by atoms with Gasteiger partial charge in [-0.25, -0.2) is 24.5 Å². The van der Waals surface area contributed by atoms with Gasteiger partial charge in [-0.3, -0.25) is 0 Å². The van der Waals surface area contributed by atoms with E-state index in [4.69, 9.17) is 15.2 Å². The van der Waals surface area contributed by atoms with Crippen LogP contribution in [0.1, 0.15) is 33.2 Å². The SMILES string of the molecule is Nc1ncnc2c1ncn2C1C=CC(COC(=O)c2ccccc2)C(OC(=O)c2ccccc2)C1. The fraction of sp³-hybridized carbons (Fsp3) is 0.192. The van der Waals surface area contributed by atoms with Crippen molar-refractivity contribution in [1.82, 2.24) is 19.5 Å². The molecule has 2 aromatic carbocycles. The molecule has 0 spiro atoms. The highest BCUT2D eigenvalue weighted by Gasteiger charge is 2.32. The first-order valence-corrected chi connectivity index (χ1v) is 11.2. The summed E-state index contributed by atoms with van der Waals surface area (Å²) < 4.78 is 13.4. The Labute approximate surface area is 201 Å². The van der Waals surface area contributed by atoms with E-state index < -0.39 is 18.0 Å². The van der Waals surface area contributed by atoms with Crippen LogP contribution in [-0.2, 0) is 9.47 Å². The molecule has 4 aromatic rings. The molecule has 5 rings (SSSR count). The molecule has 0 bridgehead atoms. The van der Waals surface area contributed by atoms with Gasteiger partial charge >= 0.3 is 11.9 Å². The van der Waals surface area contributed by atoms with E-state index >= 15 is 0 Å². The molecule has 176 valence electrons. The van der Waals surface area contributed by atoms with Gasteiger partial charge in [0, 0.05) is 12.3 Å². The number of rotatable bonds is 6. The zero-order valence-corrected chi connectivity index (χ0v) is 18.7. The lowest BCUT2D eigenvalue weighted by molar-refractivity contribution is -0.00246. The maximum absolute atomic E-state index is 12.9. The van der Waals surface area contributed by atoms with Crippen molar-refractivity contribution in [3.05, 3.63) is 96.6 Å². The normalized spacial score (nSPS) is 19.4. The molecule has 1 aliphatic carbocycles. The Morgan fingerprint density at radius 3 is 2.31 bits per heavy atom. The third kappa shape index (κ3) is 4.74. The summed E-state index contributed by atoms with van der Waals surface area (Å²) in [5.74, 6) is -0.888. The van der Waals surface area contributed by atoms with Gasteiger partial charge in [-0.05, 0) is 24.3 Å². The molecule has 0 radical (unpaired) electrons. The van der Waals surface area contributed by atoms with E-state index in [9.17, 15) is 9.59 Å². The van der Waals surface area contributed by atoms with Crippen molar-refractivity contribution in [3.63, 3.8) is 0 Å². The van der Waals surface area contributed by atoms with Crippen LogP contribution in [0, 0.1) is 5.92 Å². The lowest BCUT2D eigenvalue weighted by atomic mass is 9.90. The molecule has 2 heterocycles. The highest BCUT2D eigenvalue weighted by molar-refractivity contribution is 5.90. The van der Waals surface area contributed by atoms with E-state index in [1.54, 1.807) is 54.9 Å². The molecule has 3 unspecified atom stereocenters. The summed E-state index contributed by atoms with van der Waals surface area (Å²) in [7, 11) is 0. The molecule has 2 aromatic heterocycles. The molecule has 1 aliphatic rings. The second kappa shape index (κ2) is 9.76. The molecule has 0 aliphatic heterocycles. The molecule has 0 fully saturated rings. The smallest absolute Gasteiger partial charge is 0.338 e. The molecule has 0 saturated heterocycles. The van der Waals surface area contributed by atoms with Gasteiger partial charge in [0.1, 0.15) is 24.6 Å². The number of imidazole rings is 1. The zero-order valence-electron chi connectivity index (χ0n) is 18.7. The van der Waals surface area contributed by atoms with Crippen LogP contribution in [-0.4, -0.2) is 44.2 Å². The standard InChI is InChI=1S/C26H23N5O4/c27-23-22-24(29-15-28-23)31(16-30-22)20-12-11-19(14-34-25(32)17-7-3-1-4-8-17)21(13-20)35-26(33)18-9-5-2-6-10-18/h1-12,15-16,19-21H,13-14H2,(H2,27,28,29).